The molecular formula is C23H22N10. The van der Waals surface area contributed by atoms with Crippen LogP contribution in [-0.4, -0.2) is 73.0 Å². The summed E-state index contributed by atoms with van der Waals surface area (Å²) in [4.78, 5) is 35.5. The summed E-state index contributed by atoms with van der Waals surface area (Å²) in [6.07, 6.45) is 6.70. The molecule has 10 nitrogen and oxygen atoms in total. The minimum Gasteiger partial charge on any atom is -0.397 e. The molecule has 1 aliphatic rings. The number of rotatable bonds is 3. The van der Waals surface area contributed by atoms with Crippen molar-refractivity contribution in [2.45, 2.75) is 0 Å². The summed E-state index contributed by atoms with van der Waals surface area (Å²) in [6.45, 7) is 3.83. The number of aromatic nitrogens is 7. The molecule has 5 aromatic rings. The average Bonchev–Trinajstić information content (AvgIpc) is 3.28. The number of nitrogen functional groups attached to an aromatic ring is 1. The molecule has 0 atom stereocenters. The summed E-state index contributed by atoms with van der Waals surface area (Å²) < 4.78 is 0. The molecule has 5 aromatic heterocycles. The van der Waals surface area contributed by atoms with Crippen molar-refractivity contribution >= 4 is 33.6 Å². The fourth-order valence-electron chi connectivity index (χ4n) is 4.16. The van der Waals surface area contributed by atoms with E-state index in [2.05, 4.69) is 41.8 Å². The van der Waals surface area contributed by atoms with Gasteiger partial charge in [-0.3, -0.25) is 4.98 Å². The second kappa shape index (κ2) is 7.75. The number of hydrogen-bond donors (Lipinski definition) is 2. The Morgan fingerprint density at radius 1 is 0.939 bits per heavy atom. The van der Waals surface area contributed by atoms with Gasteiger partial charge in [-0.2, -0.15) is 0 Å². The van der Waals surface area contributed by atoms with Crippen LogP contribution in [0.3, 0.4) is 0 Å². The number of fused-ring (bicyclic) bond motifs is 2. The van der Waals surface area contributed by atoms with Crippen molar-refractivity contribution in [3.8, 4) is 22.8 Å². The van der Waals surface area contributed by atoms with Gasteiger partial charge >= 0.3 is 0 Å². The summed E-state index contributed by atoms with van der Waals surface area (Å²) in [6, 6.07) is 7.61. The van der Waals surface area contributed by atoms with E-state index in [4.69, 9.17) is 15.7 Å². The molecule has 0 saturated carbocycles. The number of anilines is 2. The number of nitrogens with one attached hydrogen (secondary N) is 1. The molecule has 1 fully saturated rings. The SMILES string of the molecule is CN1CCN(c2nccc3[nH]c(-c4ncnc5ccc(-c6cncc(N)c6)nc45)nc23)CC1. The van der Waals surface area contributed by atoms with E-state index in [0.29, 0.717) is 22.7 Å². The molecule has 0 radical (unpaired) electrons. The molecule has 6 heterocycles. The number of piperazine rings is 1. The van der Waals surface area contributed by atoms with Crippen molar-refractivity contribution in [2.75, 3.05) is 43.9 Å². The van der Waals surface area contributed by atoms with Crippen molar-refractivity contribution in [3.63, 3.8) is 0 Å². The third-order valence-corrected chi connectivity index (χ3v) is 5.95. The van der Waals surface area contributed by atoms with Gasteiger partial charge in [-0.15, -0.1) is 0 Å². The fraction of sp³-hybridized carbons (Fsp3) is 0.217. The van der Waals surface area contributed by atoms with Gasteiger partial charge in [0.05, 0.1) is 22.4 Å². The Morgan fingerprint density at radius 2 is 1.82 bits per heavy atom. The van der Waals surface area contributed by atoms with Crippen LogP contribution in [0.1, 0.15) is 0 Å². The van der Waals surface area contributed by atoms with Crippen LogP contribution in [0.2, 0.25) is 0 Å². The molecule has 3 N–H and O–H groups in total. The lowest BCUT2D eigenvalue weighted by molar-refractivity contribution is 0.312. The Labute approximate surface area is 189 Å². The van der Waals surface area contributed by atoms with Crippen LogP contribution < -0.4 is 10.6 Å². The van der Waals surface area contributed by atoms with E-state index in [1.807, 2.05) is 30.5 Å². The highest BCUT2D eigenvalue weighted by atomic mass is 15.3. The summed E-state index contributed by atoms with van der Waals surface area (Å²) in [5.74, 6) is 1.53. The highest BCUT2D eigenvalue weighted by Crippen LogP contribution is 2.30. The molecule has 10 heteroatoms. The van der Waals surface area contributed by atoms with Gasteiger partial charge in [0.25, 0.3) is 0 Å². The Kier molecular flexibility index (Phi) is 4.58. The van der Waals surface area contributed by atoms with Gasteiger partial charge in [0.15, 0.2) is 11.6 Å². The van der Waals surface area contributed by atoms with Crippen LogP contribution in [0.15, 0.2) is 49.2 Å². The Hall–Kier alpha value is -4.18. The molecule has 0 unspecified atom stereocenters. The van der Waals surface area contributed by atoms with Crippen molar-refractivity contribution in [3.05, 3.63) is 49.2 Å². The number of H-pyrrole nitrogens is 1. The molecule has 164 valence electrons. The molecule has 0 spiro atoms. The zero-order chi connectivity index (χ0) is 22.4. The maximum atomic E-state index is 5.91. The second-order valence-electron chi connectivity index (χ2n) is 8.20. The first-order valence-electron chi connectivity index (χ1n) is 10.8. The lowest BCUT2D eigenvalue weighted by Gasteiger charge is -2.33. The van der Waals surface area contributed by atoms with Crippen molar-refractivity contribution in [2.24, 2.45) is 0 Å². The lowest BCUT2D eigenvalue weighted by atomic mass is 10.1. The quantitative estimate of drug-likeness (QED) is 0.436. The molecule has 0 bridgehead atoms. The van der Waals surface area contributed by atoms with Crippen molar-refractivity contribution in [1.82, 2.24) is 39.8 Å². The van der Waals surface area contributed by atoms with E-state index in [1.165, 1.54) is 6.33 Å². The van der Waals surface area contributed by atoms with E-state index >= 15 is 0 Å². The van der Waals surface area contributed by atoms with E-state index in [0.717, 1.165) is 59.8 Å². The number of nitrogens with zero attached hydrogens (tertiary/aromatic N) is 8. The van der Waals surface area contributed by atoms with Gasteiger partial charge in [-0.05, 0) is 31.3 Å². The summed E-state index contributed by atoms with van der Waals surface area (Å²) >= 11 is 0. The lowest BCUT2D eigenvalue weighted by Crippen LogP contribution is -2.44. The molecule has 6 rings (SSSR count). The first-order chi connectivity index (χ1) is 16.2. The highest BCUT2D eigenvalue weighted by Gasteiger charge is 2.21. The minimum absolute atomic E-state index is 0.583. The van der Waals surface area contributed by atoms with Crippen LogP contribution in [0, 0.1) is 0 Å². The van der Waals surface area contributed by atoms with Gasteiger partial charge < -0.3 is 20.5 Å². The number of imidazole rings is 1. The first-order valence-corrected chi connectivity index (χ1v) is 10.8. The number of pyridine rings is 3. The summed E-state index contributed by atoms with van der Waals surface area (Å²) in [5.41, 5.74) is 11.9. The Morgan fingerprint density at radius 3 is 2.67 bits per heavy atom. The summed E-state index contributed by atoms with van der Waals surface area (Å²) in [7, 11) is 2.14. The fourth-order valence-corrected chi connectivity index (χ4v) is 4.16. The predicted molar refractivity (Wildman–Crippen MR) is 128 cm³/mol. The minimum atomic E-state index is 0.583. The zero-order valence-electron chi connectivity index (χ0n) is 18.1. The Bertz CT molecular complexity index is 1470. The summed E-state index contributed by atoms with van der Waals surface area (Å²) in [5, 5.41) is 0. The van der Waals surface area contributed by atoms with Gasteiger partial charge in [0, 0.05) is 50.3 Å². The van der Waals surface area contributed by atoms with Gasteiger partial charge in [0.1, 0.15) is 23.1 Å². The molecule has 1 saturated heterocycles. The van der Waals surface area contributed by atoms with Crippen molar-refractivity contribution < 1.29 is 0 Å². The number of likely N-dealkylation sites (N-methyl/N-ethyl adjacent to an activating group) is 1. The number of nitrogens with two attached hydrogens (primary N) is 1. The number of aromatic amines is 1. The van der Waals surface area contributed by atoms with Crippen molar-refractivity contribution in [1.29, 1.82) is 0 Å². The molecule has 0 amide bonds. The van der Waals surface area contributed by atoms with Crippen LogP contribution in [0.5, 0.6) is 0 Å². The zero-order valence-corrected chi connectivity index (χ0v) is 18.1. The maximum Gasteiger partial charge on any atom is 0.159 e. The van der Waals surface area contributed by atoms with E-state index in [9.17, 15) is 0 Å². The van der Waals surface area contributed by atoms with Crippen LogP contribution in [0.25, 0.3) is 44.8 Å². The van der Waals surface area contributed by atoms with Gasteiger partial charge in [-0.1, -0.05) is 0 Å². The van der Waals surface area contributed by atoms with Gasteiger partial charge in [0.2, 0.25) is 0 Å². The van der Waals surface area contributed by atoms with Crippen LogP contribution in [-0.2, 0) is 0 Å². The Balaban J connectivity index is 1.47. The average molecular weight is 438 g/mol. The van der Waals surface area contributed by atoms with Crippen LogP contribution >= 0.6 is 0 Å². The standard InChI is InChI=1S/C23H22N10/c1-32-6-8-33(9-7-32)23-20-18(4-5-26-23)30-22(31-20)21-19-17(27-13-28-21)3-2-16(29-19)14-10-15(24)12-25-11-14/h2-5,10-13H,6-9,24H2,1H3,(H,30,31). The van der Waals surface area contributed by atoms with E-state index < -0.39 is 0 Å². The third kappa shape index (κ3) is 3.50. The first kappa shape index (κ1) is 19.5. The molecule has 0 aliphatic carbocycles. The van der Waals surface area contributed by atoms with Gasteiger partial charge in [-0.25, -0.2) is 24.9 Å². The maximum absolute atomic E-state index is 5.91. The third-order valence-electron chi connectivity index (χ3n) is 5.95. The molecule has 1 aliphatic heterocycles. The topological polar surface area (TPSA) is 126 Å². The molecular weight excluding hydrogens is 416 g/mol. The molecule has 33 heavy (non-hydrogen) atoms. The number of hydrogen-bond acceptors (Lipinski definition) is 9. The largest absolute Gasteiger partial charge is 0.397 e. The van der Waals surface area contributed by atoms with Crippen LogP contribution in [0.4, 0.5) is 11.5 Å². The highest BCUT2D eigenvalue weighted by molar-refractivity contribution is 5.93. The predicted octanol–water partition coefficient (Wildman–Crippen LogP) is 2.36. The monoisotopic (exact) mass is 438 g/mol. The second-order valence-corrected chi connectivity index (χ2v) is 8.20. The molecule has 0 aromatic carbocycles. The normalized spacial score (nSPS) is 14.9. The van der Waals surface area contributed by atoms with E-state index in [-0.39, 0.29) is 0 Å². The smallest absolute Gasteiger partial charge is 0.159 e. The van der Waals surface area contributed by atoms with E-state index in [1.54, 1.807) is 12.4 Å².